The van der Waals surface area contributed by atoms with E-state index in [0.717, 1.165) is 35.6 Å². The number of unbranched alkanes of at least 4 members (excludes halogenated alkanes) is 1. The predicted octanol–water partition coefficient (Wildman–Crippen LogP) is 5.83. The van der Waals surface area contributed by atoms with Crippen LogP contribution >= 0.6 is 47.6 Å². The summed E-state index contributed by atoms with van der Waals surface area (Å²) in [6.45, 7) is 0. The van der Waals surface area contributed by atoms with E-state index in [1.54, 1.807) is 21.8 Å². The number of benzene rings is 2. The molecule has 2 aromatic carbocycles. The lowest BCUT2D eigenvalue weighted by Crippen LogP contribution is -2.02. The fraction of sp³-hybridized carbons (Fsp3) is 0.182. The normalized spacial score (nSPS) is 11.7. The van der Waals surface area contributed by atoms with Gasteiger partial charge >= 0.3 is 0 Å². The Bertz CT molecular complexity index is 1300. The molecule has 0 saturated carbocycles. The molecule has 0 saturated heterocycles. The molecule has 0 aliphatic heterocycles. The van der Waals surface area contributed by atoms with Crippen LogP contribution in [0.15, 0.2) is 58.7 Å². The summed E-state index contributed by atoms with van der Waals surface area (Å²) in [5.74, 6) is 1.52. The monoisotopic (exact) mass is 530 g/mol. The van der Waals surface area contributed by atoms with Crippen molar-refractivity contribution in [1.82, 2.24) is 29.7 Å². The number of hydrogen-bond donors (Lipinski definition) is 2. The molecule has 4 rings (SSSR count). The highest BCUT2D eigenvalue weighted by Gasteiger charge is 2.08. The molecule has 2 heterocycles. The minimum Gasteiger partial charge on any atom is -0.250 e. The van der Waals surface area contributed by atoms with Crippen molar-refractivity contribution in [2.24, 2.45) is 10.2 Å². The van der Waals surface area contributed by atoms with Gasteiger partial charge in [-0.2, -0.15) is 29.8 Å². The first kappa shape index (κ1) is 24.2. The summed E-state index contributed by atoms with van der Waals surface area (Å²) in [5.41, 5.74) is 1.83. The Hall–Kier alpha value is -2.92. The second kappa shape index (κ2) is 11.5. The summed E-state index contributed by atoms with van der Waals surface area (Å²) >= 11 is 22.5. The number of nitrogens with zero attached hydrogens (tertiary/aromatic N) is 6. The summed E-state index contributed by atoms with van der Waals surface area (Å²) in [6.07, 6.45) is 6.56. The van der Waals surface area contributed by atoms with Crippen LogP contribution in [0, 0.1) is 9.54 Å². The molecule has 0 aliphatic carbocycles. The van der Waals surface area contributed by atoms with Gasteiger partial charge in [-0.15, -0.1) is 0 Å². The SMILES string of the molecule is S=c1[nH]nc(CCCCc2n[nH]c(=S)n2/N=C/c2ccc(Cl)cc2)n1/N=C/c1ccc(Cl)cc1. The summed E-state index contributed by atoms with van der Waals surface area (Å²) in [6, 6.07) is 14.8. The van der Waals surface area contributed by atoms with Gasteiger partial charge in [-0.3, -0.25) is 10.2 Å². The van der Waals surface area contributed by atoms with Crippen molar-refractivity contribution in [3.05, 3.63) is 90.9 Å². The average Bonchev–Trinajstić information content (AvgIpc) is 3.37. The maximum Gasteiger partial charge on any atom is 0.216 e. The van der Waals surface area contributed by atoms with Gasteiger partial charge in [-0.25, -0.2) is 0 Å². The first-order chi connectivity index (χ1) is 16.5. The summed E-state index contributed by atoms with van der Waals surface area (Å²) in [4.78, 5) is 0. The van der Waals surface area contributed by atoms with Crippen LogP contribution in [0.25, 0.3) is 0 Å². The van der Waals surface area contributed by atoms with Crippen molar-refractivity contribution in [2.75, 3.05) is 0 Å². The van der Waals surface area contributed by atoms with Gasteiger partial charge in [-0.1, -0.05) is 47.5 Å². The predicted molar refractivity (Wildman–Crippen MR) is 140 cm³/mol. The van der Waals surface area contributed by atoms with Crippen molar-refractivity contribution >= 4 is 60.1 Å². The molecule has 0 aliphatic rings. The quantitative estimate of drug-likeness (QED) is 0.162. The van der Waals surface area contributed by atoms with Crippen LogP contribution in [0.2, 0.25) is 10.0 Å². The molecule has 12 heteroatoms. The number of halogens is 2. The van der Waals surface area contributed by atoms with E-state index in [1.807, 2.05) is 48.5 Å². The van der Waals surface area contributed by atoms with Crippen molar-refractivity contribution < 1.29 is 0 Å². The zero-order valence-electron chi connectivity index (χ0n) is 17.9. The topological polar surface area (TPSA) is 91.9 Å². The molecule has 0 radical (unpaired) electrons. The number of aromatic nitrogens is 6. The Kier molecular flexibility index (Phi) is 8.17. The Balaban J connectivity index is 1.36. The van der Waals surface area contributed by atoms with Gasteiger partial charge < -0.3 is 0 Å². The largest absolute Gasteiger partial charge is 0.250 e. The third kappa shape index (κ3) is 6.35. The van der Waals surface area contributed by atoms with Crippen LogP contribution in [0.1, 0.15) is 35.6 Å². The highest BCUT2D eigenvalue weighted by Crippen LogP contribution is 2.11. The Morgan fingerprint density at radius 3 is 1.47 bits per heavy atom. The molecule has 34 heavy (non-hydrogen) atoms. The van der Waals surface area contributed by atoms with E-state index in [1.165, 1.54) is 0 Å². The number of aryl methyl sites for hydroxylation is 2. The van der Waals surface area contributed by atoms with Crippen molar-refractivity contribution in [1.29, 1.82) is 0 Å². The molecule has 2 N–H and O–H groups in total. The van der Waals surface area contributed by atoms with Crippen molar-refractivity contribution in [3.63, 3.8) is 0 Å². The highest BCUT2D eigenvalue weighted by molar-refractivity contribution is 7.71. The Morgan fingerprint density at radius 1 is 0.706 bits per heavy atom. The molecule has 0 bridgehead atoms. The summed E-state index contributed by atoms with van der Waals surface area (Å²) in [7, 11) is 0. The average molecular weight is 531 g/mol. The lowest BCUT2D eigenvalue weighted by Gasteiger charge is -2.03. The molecule has 0 fully saturated rings. The number of aromatic amines is 2. The van der Waals surface area contributed by atoms with E-state index >= 15 is 0 Å². The maximum atomic E-state index is 5.93. The molecule has 4 aromatic rings. The number of nitrogens with one attached hydrogen (secondary N) is 2. The minimum atomic E-state index is 0.442. The van der Waals surface area contributed by atoms with E-state index in [4.69, 9.17) is 47.6 Å². The lowest BCUT2D eigenvalue weighted by molar-refractivity contribution is 0.643. The lowest BCUT2D eigenvalue weighted by atomic mass is 10.2. The molecular weight excluding hydrogens is 511 g/mol. The molecule has 8 nitrogen and oxygen atoms in total. The van der Waals surface area contributed by atoms with Crippen LogP contribution in [-0.2, 0) is 12.8 Å². The molecule has 0 atom stereocenters. The van der Waals surface area contributed by atoms with E-state index in [0.29, 0.717) is 32.4 Å². The highest BCUT2D eigenvalue weighted by atomic mass is 35.5. The zero-order chi connectivity index (χ0) is 23.9. The number of H-pyrrole nitrogens is 2. The standard InChI is InChI=1S/C22H20Cl2N8S2/c23-17-9-5-15(6-10-17)13-25-31-19(27-29-21(31)33)3-1-2-4-20-28-30-22(34)32(20)26-14-16-7-11-18(24)12-8-16/h5-14H,1-4H2,(H,29,33)(H,30,34)/b25-13+,26-14+. The summed E-state index contributed by atoms with van der Waals surface area (Å²) in [5, 5.41) is 24.5. The third-order valence-electron chi connectivity index (χ3n) is 4.87. The van der Waals surface area contributed by atoms with Crippen molar-refractivity contribution in [2.45, 2.75) is 25.7 Å². The van der Waals surface area contributed by atoms with Crippen LogP contribution in [-0.4, -0.2) is 42.2 Å². The van der Waals surface area contributed by atoms with Gasteiger partial charge in [0.05, 0.1) is 12.4 Å². The van der Waals surface area contributed by atoms with Crippen LogP contribution in [0.5, 0.6) is 0 Å². The second-order valence-corrected chi connectivity index (χ2v) is 8.96. The van der Waals surface area contributed by atoms with E-state index in [-0.39, 0.29) is 0 Å². The van der Waals surface area contributed by atoms with Gasteiger partial charge in [-0.05, 0) is 72.7 Å². The van der Waals surface area contributed by atoms with E-state index in [9.17, 15) is 0 Å². The molecule has 0 unspecified atom stereocenters. The maximum absolute atomic E-state index is 5.93. The van der Waals surface area contributed by atoms with Gasteiger partial charge in [0.2, 0.25) is 9.54 Å². The van der Waals surface area contributed by atoms with E-state index < -0.39 is 0 Å². The molecular formula is C22H20Cl2N8S2. The summed E-state index contributed by atoms with van der Waals surface area (Å²) < 4.78 is 4.16. The molecule has 2 aromatic heterocycles. The first-order valence-electron chi connectivity index (χ1n) is 10.4. The fourth-order valence-corrected chi connectivity index (χ4v) is 3.77. The minimum absolute atomic E-state index is 0.442. The Morgan fingerprint density at radius 2 is 1.09 bits per heavy atom. The van der Waals surface area contributed by atoms with Gasteiger partial charge in [0.15, 0.2) is 11.6 Å². The fourth-order valence-electron chi connectivity index (χ4n) is 3.12. The number of hydrogen-bond acceptors (Lipinski definition) is 6. The van der Waals surface area contributed by atoms with Gasteiger partial charge in [0, 0.05) is 22.9 Å². The molecule has 0 spiro atoms. The zero-order valence-corrected chi connectivity index (χ0v) is 21.0. The Labute approximate surface area is 216 Å². The van der Waals surface area contributed by atoms with Gasteiger partial charge in [0.25, 0.3) is 0 Å². The van der Waals surface area contributed by atoms with Crippen LogP contribution in [0.4, 0.5) is 0 Å². The smallest absolute Gasteiger partial charge is 0.216 e. The first-order valence-corrected chi connectivity index (χ1v) is 12.0. The third-order valence-corrected chi connectivity index (χ3v) is 5.90. The van der Waals surface area contributed by atoms with Gasteiger partial charge in [0.1, 0.15) is 0 Å². The molecule has 0 amide bonds. The number of rotatable bonds is 9. The molecule has 174 valence electrons. The van der Waals surface area contributed by atoms with Crippen molar-refractivity contribution in [3.8, 4) is 0 Å². The second-order valence-electron chi connectivity index (χ2n) is 7.31. The van der Waals surface area contributed by atoms with E-state index in [2.05, 4.69) is 30.6 Å². The van der Waals surface area contributed by atoms with Crippen LogP contribution < -0.4 is 0 Å². The van der Waals surface area contributed by atoms with Crippen LogP contribution in [0.3, 0.4) is 0 Å².